The van der Waals surface area contributed by atoms with Crippen molar-refractivity contribution in [2.24, 2.45) is 0 Å². The molecular weight excluding hydrogens is 577 g/mol. The van der Waals surface area contributed by atoms with Gasteiger partial charge in [0.15, 0.2) is 11.6 Å². The summed E-state index contributed by atoms with van der Waals surface area (Å²) in [6.45, 7) is 1.23. The second-order valence-corrected chi connectivity index (χ2v) is 9.08. The number of anilines is 3. The van der Waals surface area contributed by atoms with E-state index in [0.29, 0.717) is 16.3 Å². The maximum Gasteiger partial charge on any atom is 0.390 e. The van der Waals surface area contributed by atoms with Crippen molar-refractivity contribution in [2.75, 3.05) is 35.6 Å². The van der Waals surface area contributed by atoms with Crippen molar-refractivity contribution in [3.05, 3.63) is 80.4 Å². The number of aryl methyl sites for hydroxylation is 1. The number of aromatic amines is 1. The van der Waals surface area contributed by atoms with Gasteiger partial charge in [0.1, 0.15) is 5.82 Å². The molecule has 220 valence electrons. The van der Waals surface area contributed by atoms with E-state index in [1.807, 2.05) is 0 Å². The van der Waals surface area contributed by atoms with Crippen molar-refractivity contribution in [2.45, 2.75) is 26.1 Å². The van der Waals surface area contributed by atoms with Crippen LogP contribution < -0.4 is 32.3 Å². The van der Waals surface area contributed by atoms with E-state index in [1.54, 1.807) is 6.92 Å². The van der Waals surface area contributed by atoms with Gasteiger partial charge in [0.25, 0.3) is 5.91 Å². The number of halogens is 6. The second-order valence-electron chi connectivity index (χ2n) is 8.64. The number of amides is 3. The molecule has 0 radical (unpaired) electrons. The zero-order valence-electron chi connectivity index (χ0n) is 21.4. The van der Waals surface area contributed by atoms with Crippen LogP contribution in [-0.2, 0) is 6.54 Å². The van der Waals surface area contributed by atoms with Gasteiger partial charge in [-0.15, -0.1) is 0 Å². The first kappa shape index (κ1) is 31.3. The fourth-order valence-electron chi connectivity index (χ4n) is 3.42. The number of hydrogen-bond acceptors (Lipinski definition) is 6. The highest BCUT2D eigenvalue weighted by Gasteiger charge is 2.26. The minimum Gasteiger partial charge on any atom is -0.382 e. The summed E-state index contributed by atoms with van der Waals surface area (Å²) < 4.78 is 66.3. The molecule has 0 atom stereocenters. The number of nitrogens with zero attached hydrogens (tertiary/aromatic N) is 1. The number of alkyl halides is 3. The Bertz CT molecular complexity index is 1470. The molecule has 0 bridgehead atoms. The minimum atomic E-state index is -4.27. The van der Waals surface area contributed by atoms with Gasteiger partial charge in [0.05, 0.1) is 23.4 Å². The number of carbonyl (C=O) groups is 2. The molecule has 3 rings (SSSR count). The van der Waals surface area contributed by atoms with Gasteiger partial charge in [0, 0.05) is 48.5 Å². The van der Waals surface area contributed by atoms with E-state index in [9.17, 15) is 36.3 Å². The predicted octanol–water partition coefficient (Wildman–Crippen LogP) is 4.54. The Kier molecular flexibility index (Phi) is 10.6. The molecule has 1 aromatic heterocycles. The average molecular weight is 602 g/mol. The molecule has 0 aliphatic rings. The number of hydrogen-bond donors (Lipinski definition) is 6. The van der Waals surface area contributed by atoms with E-state index in [0.717, 1.165) is 12.1 Å². The summed E-state index contributed by atoms with van der Waals surface area (Å²) in [6, 6.07) is 5.68. The molecule has 0 saturated heterocycles. The molecule has 16 heteroatoms. The van der Waals surface area contributed by atoms with E-state index in [-0.39, 0.29) is 36.7 Å². The molecule has 10 nitrogen and oxygen atoms in total. The third kappa shape index (κ3) is 9.42. The van der Waals surface area contributed by atoms with Crippen LogP contribution in [0.4, 0.5) is 43.9 Å². The van der Waals surface area contributed by atoms with Gasteiger partial charge in [-0.3, -0.25) is 15.1 Å². The summed E-state index contributed by atoms with van der Waals surface area (Å²) in [7, 11) is 0. The maximum absolute atomic E-state index is 14.8. The summed E-state index contributed by atoms with van der Waals surface area (Å²) in [5, 5.41) is 13.0. The van der Waals surface area contributed by atoms with Gasteiger partial charge in [-0.25, -0.2) is 23.4 Å². The number of H-pyrrole nitrogens is 1. The molecule has 0 spiro atoms. The number of rotatable bonds is 11. The monoisotopic (exact) mass is 601 g/mol. The van der Waals surface area contributed by atoms with E-state index in [4.69, 9.17) is 11.6 Å². The van der Waals surface area contributed by atoms with Gasteiger partial charge in [-0.2, -0.15) is 13.2 Å². The van der Waals surface area contributed by atoms with Crippen LogP contribution in [0.25, 0.3) is 0 Å². The Morgan fingerprint density at radius 3 is 2.49 bits per heavy atom. The lowest BCUT2D eigenvalue weighted by Gasteiger charge is -2.15. The molecule has 6 N–H and O–H groups in total. The first-order valence-corrected chi connectivity index (χ1v) is 12.4. The van der Waals surface area contributed by atoms with Crippen molar-refractivity contribution in [1.82, 2.24) is 20.6 Å². The summed E-state index contributed by atoms with van der Waals surface area (Å²) in [5.41, 5.74) is -0.616. The SMILES string of the molecule is Cc1cnc(=O)[nH]c1NC(=O)NCc1ccc(C(=O)Nc2ccc(Cl)cc2NCCNCCC(F)(F)F)c(F)c1F. The fraction of sp³-hybridized carbons (Fsp3) is 0.280. The Balaban J connectivity index is 1.61. The zero-order chi connectivity index (χ0) is 30.2. The lowest BCUT2D eigenvalue weighted by molar-refractivity contribution is -0.133. The molecule has 0 unspecified atom stereocenters. The first-order chi connectivity index (χ1) is 19.3. The zero-order valence-corrected chi connectivity index (χ0v) is 22.2. The Morgan fingerprint density at radius 2 is 1.76 bits per heavy atom. The maximum atomic E-state index is 14.8. The van der Waals surface area contributed by atoms with Crippen molar-refractivity contribution in [1.29, 1.82) is 0 Å². The van der Waals surface area contributed by atoms with Crippen molar-refractivity contribution < 1.29 is 31.5 Å². The van der Waals surface area contributed by atoms with Gasteiger partial charge < -0.3 is 21.3 Å². The van der Waals surface area contributed by atoms with E-state index < -0.39 is 54.0 Å². The molecule has 1 heterocycles. The van der Waals surface area contributed by atoms with Crippen LogP contribution in [0.3, 0.4) is 0 Å². The number of carbonyl (C=O) groups excluding carboxylic acids is 2. The van der Waals surface area contributed by atoms with Gasteiger partial charge in [-0.05, 0) is 31.2 Å². The number of nitrogens with one attached hydrogen (secondary N) is 6. The van der Waals surface area contributed by atoms with Gasteiger partial charge in [-0.1, -0.05) is 17.7 Å². The molecule has 0 aliphatic carbocycles. The highest BCUT2D eigenvalue weighted by molar-refractivity contribution is 6.31. The highest BCUT2D eigenvalue weighted by atomic mass is 35.5. The summed E-state index contributed by atoms with van der Waals surface area (Å²) >= 11 is 6.00. The molecular formula is C25H25ClF5N7O3. The predicted molar refractivity (Wildman–Crippen MR) is 143 cm³/mol. The average Bonchev–Trinajstić information content (AvgIpc) is 2.89. The lowest BCUT2D eigenvalue weighted by Crippen LogP contribution is -2.30. The molecule has 3 aromatic rings. The number of benzene rings is 2. The van der Waals surface area contributed by atoms with Gasteiger partial charge >= 0.3 is 17.9 Å². The molecule has 3 amide bonds. The molecule has 0 aliphatic heterocycles. The van der Waals surface area contributed by atoms with Crippen LogP contribution in [0.1, 0.15) is 27.9 Å². The molecule has 2 aromatic carbocycles. The largest absolute Gasteiger partial charge is 0.390 e. The summed E-state index contributed by atoms with van der Waals surface area (Å²) in [5.74, 6) is -3.71. The molecule has 0 fully saturated rings. The third-order valence-electron chi connectivity index (χ3n) is 5.52. The van der Waals surface area contributed by atoms with Crippen molar-refractivity contribution in [3.63, 3.8) is 0 Å². The Hall–Kier alpha value is -4.24. The van der Waals surface area contributed by atoms with Crippen molar-refractivity contribution in [3.8, 4) is 0 Å². The topological polar surface area (TPSA) is 140 Å². The van der Waals surface area contributed by atoms with Crippen LogP contribution >= 0.6 is 11.6 Å². The third-order valence-corrected chi connectivity index (χ3v) is 5.75. The fourth-order valence-corrected chi connectivity index (χ4v) is 3.60. The van der Waals surface area contributed by atoms with Crippen LogP contribution in [0, 0.1) is 18.6 Å². The Labute approximate surface area is 235 Å². The van der Waals surface area contributed by atoms with E-state index in [1.165, 1.54) is 24.4 Å². The number of urea groups is 1. The lowest BCUT2D eigenvalue weighted by atomic mass is 10.1. The van der Waals surface area contributed by atoms with Crippen LogP contribution in [-0.4, -0.2) is 47.7 Å². The van der Waals surface area contributed by atoms with Crippen LogP contribution in [0.5, 0.6) is 0 Å². The molecule has 41 heavy (non-hydrogen) atoms. The molecule has 0 saturated carbocycles. The normalized spacial score (nSPS) is 11.2. The smallest absolute Gasteiger partial charge is 0.382 e. The quantitative estimate of drug-likeness (QED) is 0.141. The summed E-state index contributed by atoms with van der Waals surface area (Å²) in [6.07, 6.45) is -4.01. The number of aromatic nitrogens is 2. The highest BCUT2D eigenvalue weighted by Crippen LogP contribution is 2.27. The Morgan fingerprint density at radius 1 is 1.00 bits per heavy atom. The van der Waals surface area contributed by atoms with E-state index >= 15 is 0 Å². The van der Waals surface area contributed by atoms with Gasteiger partial charge in [0.2, 0.25) is 0 Å². The van der Waals surface area contributed by atoms with Crippen LogP contribution in [0.2, 0.25) is 5.02 Å². The standard InChI is InChI=1S/C25H25ClF5N7O3/c1-13-11-34-23(40)37-21(13)38-24(41)35-12-14-2-4-16(20(28)19(14)27)22(39)36-17-5-3-15(26)10-18(17)33-9-8-32-7-6-25(29,30)31/h2-5,10-11,32-33H,6-9,12H2,1H3,(H,36,39)(H3,34,35,37,38,40,41). The summed E-state index contributed by atoms with van der Waals surface area (Å²) in [4.78, 5) is 42.0. The van der Waals surface area contributed by atoms with Crippen LogP contribution in [0.15, 0.2) is 41.3 Å². The second kappa shape index (κ2) is 13.9. The van der Waals surface area contributed by atoms with E-state index in [2.05, 4.69) is 36.6 Å². The first-order valence-electron chi connectivity index (χ1n) is 12.0. The van der Waals surface area contributed by atoms with Crippen molar-refractivity contribution >= 4 is 40.7 Å². The minimum absolute atomic E-state index is 0.0787.